The van der Waals surface area contributed by atoms with Gasteiger partial charge in [-0.3, -0.25) is 4.79 Å². The van der Waals surface area contributed by atoms with E-state index >= 15 is 0 Å². The third kappa shape index (κ3) is 4.27. The van der Waals surface area contributed by atoms with Crippen molar-refractivity contribution in [1.82, 2.24) is 15.1 Å². The quantitative estimate of drug-likeness (QED) is 0.693. The first kappa shape index (κ1) is 18.9. The summed E-state index contributed by atoms with van der Waals surface area (Å²) >= 11 is 1.19. The Labute approximate surface area is 157 Å². The molecule has 2 heterocycles. The zero-order valence-electron chi connectivity index (χ0n) is 14.7. The lowest BCUT2D eigenvalue weighted by atomic mass is 10.2. The van der Waals surface area contributed by atoms with E-state index in [2.05, 4.69) is 10.2 Å². The minimum absolute atomic E-state index is 0.0443. The van der Waals surface area contributed by atoms with Gasteiger partial charge in [-0.05, 0) is 32.4 Å². The van der Waals surface area contributed by atoms with Crippen molar-refractivity contribution in [3.63, 3.8) is 0 Å². The van der Waals surface area contributed by atoms with Crippen molar-refractivity contribution in [3.8, 4) is 11.5 Å². The van der Waals surface area contributed by atoms with E-state index in [1.54, 1.807) is 11.8 Å². The van der Waals surface area contributed by atoms with E-state index < -0.39 is 15.1 Å². The highest BCUT2D eigenvalue weighted by Gasteiger charge is 2.35. The molecule has 1 saturated heterocycles. The van der Waals surface area contributed by atoms with E-state index in [0.717, 1.165) is 5.56 Å². The van der Waals surface area contributed by atoms with Crippen LogP contribution in [-0.2, 0) is 14.6 Å². The van der Waals surface area contributed by atoms with Crippen LogP contribution in [0.25, 0.3) is 11.5 Å². The Kier molecular flexibility index (Phi) is 5.67. The van der Waals surface area contributed by atoms with E-state index in [4.69, 9.17) is 4.42 Å². The lowest BCUT2D eigenvalue weighted by molar-refractivity contribution is -0.131. The van der Waals surface area contributed by atoms with Gasteiger partial charge >= 0.3 is 0 Å². The summed E-state index contributed by atoms with van der Waals surface area (Å²) in [4.78, 5) is 14.4. The fraction of sp³-hybridized carbons (Fsp3) is 0.471. The highest BCUT2D eigenvalue weighted by molar-refractivity contribution is 8.00. The zero-order valence-corrected chi connectivity index (χ0v) is 16.3. The molecule has 0 spiro atoms. The first-order valence-corrected chi connectivity index (χ1v) is 11.2. The van der Waals surface area contributed by atoms with Crippen LogP contribution in [0.2, 0.25) is 0 Å². The summed E-state index contributed by atoms with van der Waals surface area (Å²) in [5, 5.41) is 7.90. The molecule has 1 aliphatic heterocycles. The van der Waals surface area contributed by atoms with Gasteiger partial charge in [-0.25, -0.2) is 8.42 Å². The van der Waals surface area contributed by atoms with Gasteiger partial charge in [-0.15, -0.1) is 10.2 Å². The molecular weight excluding hydrogens is 374 g/mol. The first-order chi connectivity index (χ1) is 12.4. The second-order valence-electron chi connectivity index (χ2n) is 6.18. The van der Waals surface area contributed by atoms with Crippen LogP contribution in [0.15, 0.2) is 40.0 Å². The summed E-state index contributed by atoms with van der Waals surface area (Å²) in [7, 11) is -3.04. The van der Waals surface area contributed by atoms with Crippen LogP contribution in [0.1, 0.15) is 20.3 Å². The topological polar surface area (TPSA) is 93.4 Å². The molecule has 0 radical (unpaired) electrons. The van der Waals surface area contributed by atoms with Crippen molar-refractivity contribution in [2.75, 3.05) is 18.1 Å². The molecule has 140 valence electrons. The third-order valence-corrected chi connectivity index (χ3v) is 7.00. The predicted molar refractivity (Wildman–Crippen MR) is 99.5 cm³/mol. The Hall–Kier alpha value is -1.87. The molecule has 2 aromatic rings. The molecule has 1 aromatic heterocycles. The average molecular weight is 396 g/mol. The summed E-state index contributed by atoms with van der Waals surface area (Å²) < 4.78 is 29.0. The van der Waals surface area contributed by atoms with Crippen molar-refractivity contribution in [1.29, 1.82) is 0 Å². The van der Waals surface area contributed by atoms with Gasteiger partial charge in [0.05, 0.1) is 16.8 Å². The van der Waals surface area contributed by atoms with Crippen molar-refractivity contribution in [2.24, 2.45) is 0 Å². The molecule has 2 atom stereocenters. The van der Waals surface area contributed by atoms with Crippen LogP contribution >= 0.6 is 11.8 Å². The van der Waals surface area contributed by atoms with E-state index in [1.165, 1.54) is 11.8 Å². The number of aromatic nitrogens is 2. The van der Waals surface area contributed by atoms with Gasteiger partial charge in [0.1, 0.15) is 0 Å². The summed E-state index contributed by atoms with van der Waals surface area (Å²) in [6.45, 7) is 4.11. The van der Waals surface area contributed by atoms with Gasteiger partial charge in [0, 0.05) is 18.2 Å². The molecule has 1 fully saturated rings. The lowest BCUT2D eigenvalue weighted by Crippen LogP contribution is -2.44. The van der Waals surface area contributed by atoms with Crippen LogP contribution in [-0.4, -0.2) is 58.8 Å². The van der Waals surface area contributed by atoms with Gasteiger partial charge in [0.25, 0.3) is 5.22 Å². The number of thioether (sulfide) groups is 1. The number of amides is 1. The van der Waals surface area contributed by atoms with Crippen molar-refractivity contribution >= 4 is 27.5 Å². The maximum absolute atomic E-state index is 12.8. The number of carbonyl (C=O) groups excluding carboxylic acids is 1. The van der Waals surface area contributed by atoms with E-state index in [1.807, 2.05) is 37.3 Å². The summed E-state index contributed by atoms with van der Waals surface area (Å²) in [6, 6.07) is 9.16. The Morgan fingerprint density at radius 3 is 2.69 bits per heavy atom. The lowest BCUT2D eigenvalue weighted by Gasteiger charge is -2.28. The number of hydrogen-bond donors (Lipinski definition) is 0. The number of rotatable bonds is 6. The van der Waals surface area contributed by atoms with Crippen LogP contribution in [0.3, 0.4) is 0 Å². The molecule has 0 aliphatic carbocycles. The number of sulfone groups is 1. The fourth-order valence-corrected chi connectivity index (χ4v) is 5.49. The van der Waals surface area contributed by atoms with Crippen LogP contribution in [0.4, 0.5) is 0 Å². The monoisotopic (exact) mass is 395 g/mol. The van der Waals surface area contributed by atoms with Gasteiger partial charge in [0.2, 0.25) is 11.8 Å². The number of nitrogens with zero attached hydrogens (tertiary/aromatic N) is 3. The Bertz CT molecular complexity index is 867. The number of carbonyl (C=O) groups is 1. The van der Waals surface area contributed by atoms with Gasteiger partial charge in [-0.2, -0.15) is 0 Å². The minimum atomic E-state index is -3.04. The first-order valence-electron chi connectivity index (χ1n) is 8.46. The van der Waals surface area contributed by atoms with Crippen molar-refractivity contribution in [2.45, 2.75) is 36.8 Å². The van der Waals surface area contributed by atoms with Crippen LogP contribution in [0.5, 0.6) is 0 Å². The normalized spacial score (nSPS) is 20.0. The van der Waals surface area contributed by atoms with Gasteiger partial charge in [0.15, 0.2) is 9.84 Å². The van der Waals surface area contributed by atoms with Gasteiger partial charge < -0.3 is 9.32 Å². The molecule has 2 unspecified atom stereocenters. The molecule has 7 nitrogen and oxygen atoms in total. The molecule has 9 heteroatoms. The highest BCUT2D eigenvalue weighted by atomic mass is 32.2. The molecule has 0 saturated carbocycles. The molecule has 1 aromatic carbocycles. The van der Waals surface area contributed by atoms with E-state index in [-0.39, 0.29) is 23.5 Å². The molecule has 1 amide bonds. The van der Waals surface area contributed by atoms with Crippen molar-refractivity contribution < 1.29 is 17.6 Å². The highest BCUT2D eigenvalue weighted by Crippen LogP contribution is 2.28. The Morgan fingerprint density at radius 2 is 2.08 bits per heavy atom. The average Bonchev–Trinajstić information content (AvgIpc) is 3.22. The maximum Gasteiger partial charge on any atom is 0.277 e. The predicted octanol–water partition coefficient (Wildman–Crippen LogP) is 2.25. The fourth-order valence-electron chi connectivity index (χ4n) is 3.01. The van der Waals surface area contributed by atoms with Gasteiger partial charge in [-0.1, -0.05) is 30.0 Å². The second-order valence-corrected chi connectivity index (χ2v) is 9.70. The molecule has 3 rings (SSSR count). The number of hydrogen-bond acceptors (Lipinski definition) is 7. The van der Waals surface area contributed by atoms with E-state index in [0.29, 0.717) is 24.1 Å². The molecule has 0 N–H and O–H groups in total. The second kappa shape index (κ2) is 7.79. The SMILES string of the molecule is CCN(C(=O)C(C)Sc1nnc(-c2ccccc2)o1)C1CCS(=O)(=O)C1. The Morgan fingerprint density at radius 1 is 1.35 bits per heavy atom. The zero-order chi connectivity index (χ0) is 18.7. The summed E-state index contributed by atoms with van der Waals surface area (Å²) in [5.74, 6) is 0.483. The smallest absolute Gasteiger partial charge is 0.277 e. The number of benzene rings is 1. The van der Waals surface area contributed by atoms with Crippen LogP contribution < -0.4 is 0 Å². The summed E-state index contributed by atoms with van der Waals surface area (Å²) in [5.41, 5.74) is 0.817. The largest absolute Gasteiger partial charge is 0.411 e. The summed E-state index contributed by atoms with van der Waals surface area (Å²) in [6.07, 6.45) is 0.498. The molecule has 1 aliphatic rings. The third-order valence-electron chi connectivity index (χ3n) is 4.33. The Balaban J connectivity index is 1.66. The van der Waals surface area contributed by atoms with Crippen LogP contribution in [0, 0.1) is 0 Å². The van der Waals surface area contributed by atoms with E-state index in [9.17, 15) is 13.2 Å². The maximum atomic E-state index is 12.8. The standard InChI is InChI=1S/C17H21N3O4S2/c1-3-20(14-9-10-26(22,23)11-14)16(21)12(2)25-17-19-18-15(24-17)13-7-5-4-6-8-13/h4-8,12,14H,3,9-11H2,1-2H3. The molecule has 26 heavy (non-hydrogen) atoms. The van der Waals surface area contributed by atoms with Crippen molar-refractivity contribution in [3.05, 3.63) is 30.3 Å². The molecular formula is C17H21N3O4S2. The minimum Gasteiger partial charge on any atom is -0.411 e. The molecule has 0 bridgehead atoms.